The molecule has 1 fully saturated rings. The molecule has 1 aliphatic rings. The van der Waals surface area contributed by atoms with Gasteiger partial charge in [0, 0.05) is 12.3 Å². The molecule has 0 amide bonds. The SMILES string of the molecule is CC1(NS(=O)(=O)c2c(Cl)cc(N)cc2Cl)CCOC1. The molecule has 1 atom stereocenters. The number of hydrogen-bond donors (Lipinski definition) is 2. The van der Waals surface area contributed by atoms with Crippen molar-refractivity contribution < 1.29 is 13.2 Å². The van der Waals surface area contributed by atoms with Crippen LogP contribution in [0.2, 0.25) is 10.0 Å². The molecular weight excluding hydrogens is 311 g/mol. The smallest absolute Gasteiger partial charge is 0.244 e. The Bertz CT molecular complexity index is 575. The number of nitrogens with one attached hydrogen (secondary N) is 1. The van der Waals surface area contributed by atoms with E-state index in [0.717, 1.165) is 0 Å². The van der Waals surface area contributed by atoms with Crippen molar-refractivity contribution in [1.29, 1.82) is 0 Å². The Kier molecular flexibility index (Phi) is 3.99. The van der Waals surface area contributed by atoms with Crippen molar-refractivity contribution in [3.63, 3.8) is 0 Å². The van der Waals surface area contributed by atoms with Gasteiger partial charge in [0.2, 0.25) is 10.0 Å². The molecule has 0 spiro atoms. The molecule has 19 heavy (non-hydrogen) atoms. The first-order valence-corrected chi connectivity index (χ1v) is 7.84. The van der Waals surface area contributed by atoms with Crippen LogP contribution in [0.5, 0.6) is 0 Å². The van der Waals surface area contributed by atoms with Gasteiger partial charge in [0.1, 0.15) is 4.90 Å². The second-order valence-corrected chi connectivity index (χ2v) is 7.22. The van der Waals surface area contributed by atoms with Gasteiger partial charge in [-0.05, 0) is 25.5 Å². The van der Waals surface area contributed by atoms with Crippen LogP contribution in [0.25, 0.3) is 0 Å². The Balaban J connectivity index is 2.40. The van der Waals surface area contributed by atoms with Gasteiger partial charge in [-0.1, -0.05) is 23.2 Å². The van der Waals surface area contributed by atoms with Crippen molar-refractivity contribution in [2.24, 2.45) is 0 Å². The number of nitrogens with two attached hydrogens (primary N) is 1. The Morgan fingerprint density at radius 2 is 1.95 bits per heavy atom. The lowest BCUT2D eigenvalue weighted by Gasteiger charge is -2.24. The second kappa shape index (κ2) is 5.10. The third-order valence-electron chi connectivity index (χ3n) is 2.89. The Hall–Kier alpha value is -0.530. The molecule has 5 nitrogen and oxygen atoms in total. The molecule has 1 aromatic rings. The van der Waals surface area contributed by atoms with Gasteiger partial charge < -0.3 is 10.5 Å². The summed E-state index contributed by atoms with van der Waals surface area (Å²) in [5, 5.41) is 0.0000283. The number of rotatable bonds is 3. The summed E-state index contributed by atoms with van der Waals surface area (Å²) in [6.45, 7) is 2.61. The zero-order valence-electron chi connectivity index (χ0n) is 10.2. The molecule has 1 saturated heterocycles. The van der Waals surface area contributed by atoms with Crippen LogP contribution >= 0.6 is 23.2 Å². The van der Waals surface area contributed by atoms with E-state index in [1.54, 1.807) is 6.92 Å². The quantitative estimate of drug-likeness (QED) is 0.833. The first kappa shape index (κ1) is 14.9. The van der Waals surface area contributed by atoms with E-state index in [9.17, 15) is 8.42 Å². The summed E-state index contributed by atoms with van der Waals surface area (Å²) in [6.07, 6.45) is 0.594. The van der Waals surface area contributed by atoms with E-state index in [1.165, 1.54) is 12.1 Å². The van der Waals surface area contributed by atoms with Gasteiger partial charge in [-0.2, -0.15) is 0 Å². The highest BCUT2D eigenvalue weighted by Crippen LogP contribution is 2.33. The number of anilines is 1. The number of sulfonamides is 1. The van der Waals surface area contributed by atoms with E-state index in [0.29, 0.717) is 25.3 Å². The van der Waals surface area contributed by atoms with E-state index in [4.69, 9.17) is 33.7 Å². The highest BCUT2D eigenvalue weighted by Gasteiger charge is 2.36. The Morgan fingerprint density at radius 1 is 1.37 bits per heavy atom. The number of nitrogen functional groups attached to an aromatic ring is 1. The molecule has 1 unspecified atom stereocenters. The summed E-state index contributed by atoms with van der Waals surface area (Å²) in [5.41, 5.74) is 5.22. The topological polar surface area (TPSA) is 81.4 Å². The molecule has 0 saturated carbocycles. The van der Waals surface area contributed by atoms with E-state index < -0.39 is 15.6 Å². The summed E-state index contributed by atoms with van der Waals surface area (Å²) >= 11 is 11.9. The monoisotopic (exact) mass is 324 g/mol. The van der Waals surface area contributed by atoms with E-state index in [1.807, 2.05) is 0 Å². The molecule has 1 aliphatic heterocycles. The molecule has 3 N–H and O–H groups in total. The second-order valence-electron chi connectivity index (χ2n) is 4.78. The zero-order valence-corrected chi connectivity index (χ0v) is 12.6. The van der Waals surface area contributed by atoms with Crippen molar-refractivity contribution in [3.8, 4) is 0 Å². The van der Waals surface area contributed by atoms with Gasteiger partial charge in [0.25, 0.3) is 0 Å². The maximum Gasteiger partial charge on any atom is 0.244 e. The lowest BCUT2D eigenvalue weighted by molar-refractivity contribution is 0.178. The predicted molar refractivity (Wildman–Crippen MR) is 75.0 cm³/mol. The van der Waals surface area contributed by atoms with Gasteiger partial charge in [0.15, 0.2) is 0 Å². The van der Waals surface area contributed by atoms with Crippen LogP contribution in [0.4, 0.5) is 5.69 Å². The maximum absolute atomic E-state index is 12.4. The Labute approximate surface area is 122 Å². The summed E-state index contributed by atoms with van der Waals surface area (Å²) in [7, 11) is -3.83. The normalized spacial score (nSPS) is 23.7. The minimum atomic E-state index is -3.83. The average molecular weight is 325 g/mol. The minimum Gasteiger partial charge on any atom is -0.399 e. The molecule has 0 radical (unpaired) electrons. The highest BCUT2D eigenvalue weighted by atomic mass is 35.5. The van der Waals surface area contributed by atoms with Crippen LogP contribution in [-0.4, -0.2) is 27.2 Å². The first-order chi connectivity index (χ1) is 8.73. The molecule has 106 valence electrons. The summed E-state index contributed by atoms with van der Waals surface area (Å²) < 4.78 is 32.5. The van der Waals surface area contributed by atoms with Crippen LogP contribution in [0.1, 0.15) is 13.3 Å². The highest BCUT2D eigenvalue weighted by molar-refractivity contribution is 7.89. The van der Waals surface area contributed by atoms with Crippen LogP contribution in [0.15, 0.2) is 17.0 Å². The van der Waals surface area contributed by atoms with Crippen LogP contribution in [-0.2, 0) is 14.8 Å². The van der Waals surface area contributed by atoms with Gasteiger partial charge >= 0.3 is 0 Å². The predicted octanol–water partition coefficient (Wildman–Crippen LogP) is 2.03. The summed E-state index contributed by atoms with van der Waals surface area (Å²) in [6, 6.07) is 2.71. The molecule has 2 rings (SSSR count). The minimum absolute atomic E-state index is 0.0000142. The van der Waals surface area contributed by atoms with E-state index in [2.05, 4.69) is 4.72 Å². The maximum atomic E-state index is 12.4. The third kappa shape index (κ3) is 3.14. The lowest BCUT2D eigenvalue weighted by Crippen LogP contribution is -2.46. The standard InChI is InChI=1S/C11H14Cl2N2O3S/c1-11(2-3-18-6-11)15-19(16,17)10-8(12)4-7(14)5-9(10)13/h4-5,15H,2-3,6,14H2,1H3. The fourth-order valence-electron chi connectivity index (χ4n) is 1.96. The summed E-state index contributed by atoms with van der Waals surface area (Å²) in [5.74, 6) is 0. The molecule has 0 aliphatic carbocycles. The molecule has 1 heterocycles. The van der Waals surface area contributed by atoms with E-state index >= 15 is 0 Å². The number of hydrogen-bond acceptors (Lipinski definition) is 4. The number of halogens is 2. The van der Waals surface area contributed by atoms with E-state index in [-0.39, 0.29) is 14.9 Å². The average Bonchev–Trinajstić information content (AvgIpc) is 2.60. The molecular formula is C11H14Cl2N2O3S. The molecule has 0 bridgehead atoms. The van der Waals surface area contributed by atoms with Crippen LogP contribution in [0, 0.1) is 0 Å². The molecule has 8 heteroatoms. The van der Waals surface area contributed by atoms with Crippen molar-refractivity contribution >= 4 is 38.9 Å². The molecule has 1 aromatic carbocycles. The van der Waals surface area contributed by atoms with Gasteiger partial charge in [0.05, 0.1) is 22.2 Å². The summed E-state index contributed by atoms with van der Waals surface area (Å²) in [4.78, 5) is -0.154. The van der Waals surface area contributed by atoms with Gasteiger partial charge in [-0.25, -0.2) is 13.1 Å². The van der Waals surface area contributed by atoms with Crippen molar-refractivity contribution in [2.45, 2.75) is 23.8 Å². The third-order valence-corrected chi connectivity index (χ3v) is 5.45. The number of ether oxygens (including phenoxy) is 1. The van der Waals surface area contributed by atoms with Crippen molar-refractivity contribution in [2.75, 3.05) is 18.9 Å². The van der Waals surface area contributed by atoms with Crippen molar-refractivity contribution in [1.82, 2.24) is 4.72 Å². The van der Waals surface area contributed by atoms with Gasteiger partial charge in [-0.15, -0.1) is 0 Å². The molecule has 0 aromatic heterocycles. The fourth-order valence-corrected chi connectivity index (χ4v) is 4.62. The van der Waals surface area contributed by atoms with Crippen LogP contribution in [0.3, 0.4) is 0 Å². The van der Waals surface area contributed by atoms with Gasteiger partial charge in [-0.3, -0.25) is 0 Å². The van der Waals surface area contributed by atoms with Crippen LogP contribution < -0.4 is 10.5 Å². The first-order valence-electron chi connectivity index (χ1n) is 5.60. The number of benzene rings is 1. The Morgan fingerprint density at radius 3 is 2.42 bits per heavy atom. The van der Waals surface area contributed by atoms with Crippen molar-refractivity contribution in [3.05, 3.63) is 22.2 Å². The largest absolute Gasteiger partial charge is 0.399 e. The zero-order chi connectivity index (χ0) is 14.3. The fraction of sp³-hybridized carbons (Fsp3) is 0.455. The lowest BCUT2D eigenvalue weighted by atomic mass is 10.0.